The number of carbonyl (C=O) groups excluding carboxylic acids is 2. The molecule has 0 spiro atoms. The highest BCUT2D eigenvalue weighted by Crippen LogP contribution is 2.26. The summed E-state index contributed by atoms with van der Waals surface area (Å²) >= 11 is 0. The van der Waals surface area contributed by atoms with Crippen LogP contribution in [-0.4, -0.2) is 37.4 Å². The Morgan fingerprint density at radius 1 is 1.26 bits per heavy atom. The summed E-state index contributed by atoms with van der Waals surface area (Å²) in [4.78, 5) is 22.7. The molecule has 1 aliphatic rings. The van der Waals surface area contributed by atoms with E-state index >= 15 is 0 Å². The minimum absolute atomic E-state index is 0.0232. The molecule has 1 heterocycles. The lowest BCUT2D eigenvalue weighted by atomic mass is 10.2. The number of esters is 1. The van der Waals surface area contributed by atoms with Crippen LogP contribution in [0.15, 0.2) is 42.5 Å². The van der Waals surface area contributed by atoms with Gasteiger partial charge in [-0.15, -0.1) is 0 Å². The van der Waals surface area contributed by atoms with E-state index in [1.165, 1.54) is 6.08 Å². The van der Waals surface area contributed by atoms with Crippen LogP contribution in [-0.2, 0) is 25.6 Å². The van der Waals surface area contributed by atoms with Gasteiger partial charge in [-0.2, -0.15) is 0 Å². The number of ether oxygens (including phenoxy) is 3. The van der Waals surface area contributed by atoms with Crippen LogP contribution in [0.1, 0.15) is 18.9 Å². The van der Waals surface area contributed by atoms with Crippen LogP contribution in [0.3, 0.4) is 0 Å². The first-order valence-corrected chi connectivity index (χ1v) is 7.64. The monoisotopic (exact) mass is 319 g/mol. The van der Waals surface area contributed by atoms with Gasteiger partial charge in [0.25, 0.3) is 0 Å². The average molecular weight is 319 g/mol. The second-order valence-electron chi connectivity index (χ2n) is 5.03. The number of hydrogen-bond acceptors (Lipinski definition) is 5. The van der Waals surface area contributed by atoms with E-state index < -0.39 is 6.09 Å². The van der Waals surface area contributed by atoms with Crippen molar-refractivity contribution in [3.05, 3.63) is 48.0 Å². The third-order valence-corrected chi connectivity index (χ3v) is 3.24. The Bertz CT molecular complexity index is 543. The molecule has 2 rings (SSSR count). The number of benzene rings is 1. The smallest absolute Gasteiger partial charge is 0.407 e. The second kappa shape index (κ2) is 8.95. The molecule has 0 radical (unpaired) electrons. The van der Waals surface area contributed by atoms with Gasteiger partial charge in [-0.3, -0.25) is 0 Å². The summed E-state index contributed by atoms with van der Waals surface area (Å²) in [6.45, 7) is 2.82. The maximum Gasteiger partial charge on any atom is 0.407 e. The van der Waals surface area contributed by atoms with Crippen LogP contribution in [0.2, 0.25) is 0 Å². The van der Waals surface area contributed by atoms with Gasteiger partial charge in [0.05, 0.1) is 12.7 Å². The number of rotatable bonds is 8. The lowest BCUT2D eigenvalue weighted by Crippen LogP contribution is -2.26. The maximum absolute atomic E-state index is 11.5. The predicted molar refractivity (Wildman–Crippen MR) is 83.7 cm³/mol. The Kier molecular flexibility index (Phi) is 6.62. The van der Waals surface area contributed by atoms with Crippen LogP contribution in [0, 0.1) is 0 Å². The summed E-state index contributed by atoms with van der Waals surface area (Å²) in [6.07, 6.45) is 3.20. The fourth-order valence-electron chi connectivity index (χ4n) is 2.01. The van der Waals surface area contributed by atoms with Crippen LogP contribution < -0.4 is 5.32 Å². The molecule has 0 saturated carbocycles. The van der Waals surface area contributed by atoms with Crippen molar-refractivity contribution < 1.29 is 23.8 Å². The first-order valence-electron chi connectivity index (χ1n) is 7.64. The van der Waals surface area contributed by atoms with E-state index in [0.29, 0.717) is 19.6 Å². The Hall–Kier alpha value is -2.34. The maximum atomic E-state index is 11.5. The number of alkyl carbamates (subject to hydrolysis) is 1. The summed E-state index contributed by atoms with van der Waals surface area (Å²) in [5.74, 6) is -0.371. The van der Waals surface area contributed by atoms with Gasteiger partial charge < -0.3 is 19.5 Å². The molecule has 0 unspecified atom stereocenters. The molecule has 1 N–H and O–H groups in total. The molecule has 1 saturated heterocycles. The lowest BCUT2D eigenvalue weighted by Gasteiger charge is -2.06. The van der Waals surface area contributed by atoms with E-state index in [-0.39, 0.29) is 24.8 Å². The number of epoxide rings is 1. The second-order valence-corrected chi connectivity index (χ2v) is 5.03. The molecule has 2 atom stereocenters. The summed E-state index contributed by atoms with van der Waals surface area (Å²) in [5, 5.41) is 2.67. The Balaban J connectivity index is 1.54. The van der Waals surface area contributed by atoms with E-state index in [9.17, 15) is 9.59 Å². The third-order valence-electron chi connectivity index (χ3n) is 3.24. The highest BCUT2D eigenvalue weighted by molar-refractivity contribution is 5.82. The van der Waals surface area contributed by atoms with Gasteiger partial charge in [0, 0.05) is 12.6 Å². The molecule has 1 aromatic carbocycles. The molecular weight excluding hydrogens is 298 g/mol. The number of hydrogen-bond donors (Lipinski definition) is 1. The normalized spacial score (nSPS) is 19.3. The molecule has 23 heavy (non-hydrogen) atoms. The van der Waals surface area contributed by atoms with Crippen LogP contribution in [0.25, 0.3) is 0 Å². The van der Waals surface area contributed by atoms with E-state index in [2.05, 4.69) is 5.32 Å². The molecule has 1 fully saturated rings. The SMILES string of the molecule is CCOC(=O)/C=C/[C@H]1O[C@@H]1CCNC(=O)OCc1ccccc1. The highest BCUT2D eigenvalue weighted by atomic mass is 16.6. The summed E-state index contributed by atoms with van der Waals surface area (Å²) < 4.78 is 15.2. The molecule has 1 aromatic rings. The molecule has 0 aromatic heterocycles. The molecule has 6 nitrogen and oxygen atoms in total. The zero-order chi connectivity index (χ0) is 16.5. The zero-order valence-electron chi connectivity index (χ0n) is 13.1. The molecule has 1 aliphatic heterocycles. The van der Waals surface area contributed by atoms with Gasteiger partial charge in [-0.05, 0) is 25.0 Å². The quantitative estimate of drug-likeness (QED) is 0.451. The van der Waals surface area contributed by atoms with E-state index in [1.807, 2.05) is 30.3 Å². The number of amides is 1. The third kappa shape index (κ3) is 6.52. The minimum Gasteiger partial charge on any atom is -0.463 e. The van der Waals surface area contributed by atoms with Crippen molar-refractivity contribution in [1.29, 1.82) is 0 Å². The molecule has 124 valence electrons. The topological polar surface area (TPSA) is 77.2 Å². The van der Waals surface area contributed by atoms with Crippen molar-refractivity contribution in [1.82, 2.24) is 5.32 Å². The van der Waals surface area contributed by atoms with Crippen LogP contribution in [0.5, 0.6) is 0 Å². The van der Waals surface area contributed by atoms with Crippen molar-refractivity contribution in [3.8, 4) is 0 Å². The first-order chi connectivity index (χ1) is 11.2. The molecule has 1 amide bonds. The van der Waals surface area contributed by atoms with Crippen LogP contribution in [0.4, 0.5) is 4.79 Å². The van der Waals surface area contributed by atoms with Crippen molar-refractivity contribution in [2.24, 2.45) is 0 Å². The highest BCUT2D eigenvalue weighted by Gasteiger charge is 2.36. The van der Waals surface area contributed by atoms with Crippen molar-refractivity contribution in [2.45, 2.75) is 32.2 Å². The Labute approximate surface area is 135 Å². The molecule has 0 aliphatic carbocycles. The molecule has 0 bridgehead atoms. The van der Waals surface area contributed by atoms with Gasteiger partial charge in [0.2, 0.25) is 0 Å². The van der Waals surface area contributed by atoms with E-state index in [0.717, 1.165) is 5.56 Å². The molecule has 6 heteroatoms. The van der Waals surface area contributed by atoms with Gasteiger partial charge >= 0.3 is 12.1 Å². The molecular formula is C17H21NO5. The van der Waals surface area contributed by atoms with E-state index in [1.54, 1.807) is 13.0 Å². The van der Waals surface area contributed by atoms with Gasteiger partial charge in [0.15, 0.2) is 0 Å². The zero-order valence-corrected chi connectivity index (χ0v) is 13.1. The Morgan fingerprint density at radius 3 is 2.78 bits per heavy atom. The summed E-state index contributed by atoms with van der Waals surface area (Å²) in [6, 6.07) is 9.49. The summed E-state index contributed by atoms with van der Waals surface area (Å²) in [7, 11) is 0. The van der Waals surface area contributed by atoms with Crippen LogP contribution >= 0.6 is 0 Å². The van der Waals surface area contributed by atoms with Crippen molar-refractivity contribution >= 4 is 12.1 Å². The fourth-order valence-corrected chi connectivity index (χ4v) is 2.01. The number of nitrogens with one attached hydrogen (secondary N) is 1. The number of carbonyl (C=O) groups is 2. The largest absolute Gasteiger partial charge is 0.463 e. The minimum atomic E-state index is -0.451. The van der Waals surface area contributed by atoms with Gasteiger partial charge in [0.1, 0.15) is 12.7 Å². The fraction of sp³-hybridized carbons (Fsp3) is 0.412. The van der Waals surface area contributed by atoms with Gasteiger partial charge in [-0.25, -0.2) is 9.59 Å². The lowest BCUT2D eigenvalue weighted by molar-refractivity contribution is -0.137. The first kappa shape index (κ1) is 17.0. The average Bonchev–Trinajstić information content (AvgIpc) is 3.31. The predicted octanol–water partition coefficient (Wildman–Crippen LogP) is 2.19. The Morgan fingerprint density at radius 2 is 2.04 bits per heavy atom. The van der Waals surface area contributed by atoms with Crippen molar-refractivity contribution in [3.63, 3.8) is 0 Å². The van der Waals surface area contributed by atoms with Gasteiger partial charge in [-0.1, -0.05) is 30.3 Å². The standard InChI is InChI=1S/C17H21NO5/c1-2-21-16(19)9-8-14-15(23-14)10-11-18-17(20)22-12-13-6-4-3-5-7-13/h3-9,14-15H,2,10-12H2,1H3,(H,18,20)/b9-8+/t14-,15-/m1/s1. The summed E-state index contributed by atoms with van der Waals surface area (Å²) in [5.41, 5.74) is 0.942. The van der Waals surface area contributed by atoms with Crippen molar-refractivity contribution in [2.75, 3.05) is 13.2 Å². The van der Waals surface area contributed by atoms with E-state index in [4.69, 9.17) is 14.2 Å².